The molecule has 0 bridgehead atoms. The Morgan fingerprint density at radius 1 is 1.36 bits per heavy atom. The van der Waals surface area contributed by atoms with Crippen molar-refractivity contribution >= 4 is 10.0 Å². The molecule has 3 rings (SSSR count). The number of ether oxygens (including phenoxy) is 1. The first kappa shape index (κ1) is 17.7. The fourth-order valence-electron chi connectivity index (χ4n) is 2.71. The molecule has 25 heavy (non-hydrogen) atoms. The second-order valence-corrected chi connectivity index (χ2v) is 8.25. The molecule has 3 heterocycles. The van der Waals surface area contributed by atoms with E-state index in [0.29, 0.717) is 24.5 Å². The minimum atomic E-state index is -3.65. The predicted molar refractivity (Wildman–Crippen MR) is 90.1 cm³/mol. The summed E-state index contributed by atoms with van der Waals surface area (Å²) < 4.78 is 39.2. The Labute approximate surface area is 146 Å². The van der Waals surface area contributed by atoms with Crippen molar-refractivity contribution in [3.8, 4) is 5.75 Å². The standard InChI is InChI=1S/C16H21N3O5S/c1-11(2)18-9-15(17-10-18)25(21,22)19-5-4-13(8-19)24-14-6-12(3)23-16(20)7-14/h6-7,9-11,13H,4-5,8H2,1-3H3. The third-order valence-corrected chi connectivity index (χ3v) is 5.81. The first-order valence-corrected chi connectivity index (χ1v) is 9.52. The van der Waals surface area contributed by atoms with E-state index in [4.69, 9.17) is 9.15 Å². The van der Waals surface area contributed by atoms with Gasteiger partial charge < -0.3 is 13.7 Å². The molecule has 136 valence electrons. The summed E-state index contributed by atoms with van der Waals surface area (Å²) in [6.45, 7) is 6.13. The van der Waals surface area contributed by atoms with E-state index in [2.05, 4.69) is 4.98 Å². The SMILES string of the molecule is Cc1cc(OC2CCN(S(=O)(=O)c3cn(C(C)C)cn3)C2)cc(=O)o1. The quantitative estimate of drug-likeness (QED) is 0.796. The number of aromatic nitrogens is 2. The van der Waals surface area contributed by atoms with Gasteiger partial charge in [-0.2, -0.15) is 4.31 Å². The van der Waals surface area contributed by atoms with Crippen LogP contribution in [0.5, 0.6) is 5.75 Å². The largest absolute Gasteiger partial charge is 0.489 e. The zero-order valence-corrected chi connectivity index (χ0v) is 15.2. The Morgan fingerprint density at radius 2 is 2.12 bits per heavy atom. The van der Waals surface area contributed by atoms with E-state index in [-0.39, 0.29) is 23.7 Å². The Hall–Kier alpha value is -2.13. The van der Waals surface area contributed by atoms with Crippen LogP contribution in [0.2, 0.25) is 0 Å². The van der Waals surface area contributed by atoms with E-state index in [1.807, 2.05) is 13.8 Å². The summed E-state index contributed by atoms with van der Waals surface area (Å²) in [5.74, 6) is 0.839. The molecule has 8 nitrogen and oxygen atoms in total. The molecule has 0 amide bonds. The maximum atomic E-state index is 12.7. The van der Waals surface area contributed by atoms with Crippen LogP contribution in [0.4, 0.5) is 0 Å². The monoisotopic (exact) mass is 367 g/mol. The lowest BCUT2D eigenvalue weighted by Crippen LogP contribution is -2.31. The first-order valence-electron chi connectivity index (χ1n) is 8.08. The van der Waals surface area contributed by atoms with Crippen molar-refractivity contribution in [3.63, 3.8) is 0 Å². The second-order valence-electron chi connectivity index (χ2n) is 6.37. The normalized spacial score (nSPS) is 18.8. The minimum absolute atomic E-state index is 0.0399. The lowest BCUT2D eigenvalue weighted by atomic mass is 10.3. The zero-order valence-electron chi connectivity index (χ0n) is 14.4. The highest BCUT2D eigenvalue weighted by Crippen LogP contribution is 2.23. The molecule has 9 heteroatoms. The Balaban J connectivity index is 1.71. The van der Waals surface area contributed by atoms with Crippen LogP contribution in [-0.2, 0) is 10.0 Å². The average molecular weight is 367 g/mol. The average Bonchev–Trinajstić information content (AvgIpc) is 3.15. The van der Waals surface area contributed by atoms with E-state index in [9.17, 15) is 13.2 Å². The van der Waals surface area contributed by atoms with Crippen molar-refractivity contribution in [2.75, 3.05) is 13.1 Å². The third-order valence-electron chi connectivity index (χ3n) is 4.06. The molecule has 1 saturated heterocycles. The van der Waals surface area contributed by atoms with Gasteiger partial charge in [0.05, 0.1) is 18.9 Å². The summed E-state index contributed by atoms with van der Waals surface area (Å²) >= 11 is 0. The minimum Gasteiger partial charge on any atom is -0.489 e. The van der Waals surface area contributed by atoms with Crippen molar-refractivity contribution in [1.29, 1.82) is 0 Å². The topological polar surface area (TPSA) is 94.6 Å². The maximum absolute atomic E-state index is 12.7. The summed E-state index contributed by atoms with van der Waals surface area (Å²) in [6, 6.07) is 3.01. The van der Waals surface area contributed by atoms with Crippen molar-refractivity contribution in [3.05, 3.63) is 40.8 Å². The van der Waals surface area contributed by atoms with Gasteiger partial charge in [0.2, 0.25) is 0 Å². The van der Waals surface area contributed by atoms with Gasteiger partial charge in [-0.15, -0.1) is 0 Å². The van der Waals surface area contributed by atoms with Crippen LogP contribution in [0.15, 0.2) is 38.9 Å². The van der Waals surface area contributed by atoms with E-state index in [1.54, 1.807) is 23.8 Å². The van der Waals surface area contributed by atoms with Gasteiger partial charge in [0.25, 0.3) is 10.0 Å². The summed E-state index contributed by atoms with van der Waals surface area (Å²) in [5.41, 5.74) is -0.489. The molecule has 0 spiro atoms. The number of nitrogens with zero attached hydrogens (tertiary/aromatic N) is 3. The molecular weight excluding hydrogens is 346 g/mol. The van der Waals surface area contributed by atoms with Gasteiger partial charge in [0.15, 0.2) is 5.03 Å². The highest BCUT2D eigenvalue weighted by Gasteiger charge is 2.35. The van der Waals surface area contributed by atoms with Gasteiger partial charge >= 0.3 is 5.63 Å². The number of hydrogen-bond donors (Lipinski definition) is 0. The number of hydrogen-bond acceptors (Lipinski definition) is 6. The fraction of sp³-hybridized carbons (Fsp3) is 0.500. The Morgan fingerprint density at radius 3 is 2.76 bits per heavy atom. The molecule has 1 fully saturated rings. The summed E-state index contributed by atoms with van der Waals surface area (Å²) in [5, 5.41) is 0.0399. The van der Waals surface area contributed by atoms with Crippen LogP contribution in [-0.4, -0.2) is 41.5 Å². The molecule has 1 aliphatic rings. The molecule has 2 aromatic heterocycles. The molecule has 1 unspecified atom stereocenters. The van der Waals surface area contributed by atoms with Crippen molar-refractivity contribution in [1.82, 2.24) is 13.9 Å². The summed E-state index contributed by atoms with van der Waals surface area (Å²) in [7, 11) is -3.65. The van der Waals surface area contributed by atoms with Crippen LogP contribution in [0.1, 0.15) is 32.1 Å². The van der Waals surface area contributed by atoms with Crippen LogP contribution in [0, 0.1) is 6.92 Å². The van der Waals surface area contributed by atoms with Crippen molar-refractivity contribution in [2.45, 2.75) is 44.4 Å². The number of rotatable bonds is 5. The van der Waals surface area contributed by atoms with Gasteiger partial charge in [-0.05, 0) is 27.2 Å². The molecule has 0 aromatic carbocycles. The number of sulfonamides is 1. The number of imidazole rings is 1. The molecule has 0 radical (unpaired) electrons. The second kappa shape index (κ2) is 6.64. The van der Waals surface area contributed by atoms with Crippen LogP contribution < -0.4 is 10.4 Å². The van der Waals surface area contributed by atoms with Gasteiger partial charge in [-0.25, -0.2) is 18.2 Å². The summed E-state index contributed by atoms with van der Waals surface area (Å²) in [4.78, 5) is 15.4. The molecule has 0 saturated carbocycles. The van der Waals surface area contributed by atoms with Crippen molar-refractivity contribution < 1.29 is 17.6 Å². The molecular formula is C16H21N3O5S. The van der Waals surface area contributed by atoms with Crippen molar-refractivity contribution in [2.24, 2.45) is 0 Å². The van der Waals surface area contributed by atoms with Crippen LogP contribution in [0.25, 0.3) is 0 Å². The Bertz CT molecular complexity index is 916. The number of aryl methyl sites for hydroxylation is 1. The molecule has 0 N–H and O–H groups in total. The predicted octanol–water partition coefficient (Wildman–Crippen LogP) is 1.57. The zero-order chi connectivity index (χ0) is 18.2. The van der Waals surface area contributed by atoms with E-state index in [1.165, 1.54) is 16.7 Å². The van der Waals surface area contributed by atoms with Crippen LogP contribution >= 0.6 is 0 Å². The lowest BCUT2D eigenvalue weighted by Gasteiger charge is -2.16. The highest BCUT2D eigenvalue weighted by molar-refractivity contribution is 7.89. The highest BCUT2D eigenvalue weighted by atomic mass is 32.2. The van der Waals surface area contributed by atoms with E-state index >= 15 is 0 Å². The first-order chi connectivity index (χ1) is 11.8. The molecule has 0 aliphatic carbocycles. The van der Waals surface area contributed by atoms with E-state index < -0.39 is 15.6 Å². The molecule has 1 aliphatic heterocycles. The fourth-order valence-corrected chi connectivity index (χ4v) is 4.12. The van der Waals surface area contributed by atoms with Gasteiger partial charge in [0.1, 0.15) is 17.6 Å². The lowest BCUT2D eigenvalue weighted by molar-refractivity contribution is 0.213. The van der Waals surface area contributed by atoms with E-state index in [0.717, 1.165) is 0 Å². The molecule has 2 aromatic rings. The summed E-state index contributed by atoms with van der Waals surface area (Å²) in [6.07, 6.45) is 3.29. The third kappa shape index (κ3) is 3.77. The van der Waals surface area contributed by atoms with Gasteiger partial charge in [-0.3, -0.25) is 0 Å². The van der Waals surface area contributed by atoms with Gasteiger partial charge in [0, 0.05) is 24.8 Å². The molecule has 1 atom stereocenters. The smallest absolute Gasteiger partial charge is 0.339 e. The van der Waals surface area contributed by atoms with Crippen LogP contribution in [0.3, 0.4) is 0 Å². The van der Waals surface area contributed by atoms with Gasteiger partial charge in [-0.1, -0.05) is 0 Å². The Kier molecular flexibility index (Phi) is 4.70. The maximum Gasteiger partial charge on any atom is 0.339 e.